The summed E-state index contributed by atoms with van der Waals surface area (Å²) in [6, 6.07) is 2.27. The normalized spacial score (nSPS) is 32.6. The molecular weight excluding hydrogens is 126 g/mol. The van der Waals surface area contributed by atoms with Gasteiger partial charge < -0.3 is 4.74 Å². The quantitative estimate of drug-likeness (QED) is 0.550. The molecule has 1 aliphatic heterocycles. The Morgan fingerprint density at radius 2 is 2.20 bits per heavy atom. The van der Waals surface area contributed by atoms with E-state index in [-0.39, 0.29) is 5.92 Å². The summed E-state index contributed by atoms with van der Waals surface area (Å²) in [7, 11) is 0. The Balaban J connectivity index is 2.52. The molecule has 0 spiro atoms. The second-order valence-corrected chi connectivity index (χ2v) is 3.18. The van der Waals surface area contributed by atoms with Crippen LogP contribution in [0, 0.1) is 29.1 Å². The maximum absolute atomic E-state index is 8.66. The molecule has 1 rings (SSSR count). The van der Waals surface area contributed by atoms with E-state index >= 15 is 0 Å². The van der Waals surface area contributed by atoms with E-state index in [4.69, 9.17) is 10.00 Å². The highest BCUT2D eigenvalue weighted by molar-refractivity contribution is 4.92. The third-order valence-corrected chi connectivity index (χ3v) is 2.15. The maximum Gasteiger partial charge on any atom is 0.0749 e. The van der Waals surface area contributed by atoms with E-state index in [2.05, 4.69) is 19.9 Å². The Kier molecular flexibility index (Phi) is 2.29. The van der Waals surface area contributed by atoms with Crippen molar-refractivity contribution in [1.29, 1.82) is 5.26 Å². The van der Waals surface area contributed by atoms with Gasteiger partial charge >= 0.3 is 0 Å². The summed E-state index contributed by atoms with van der Waals surface area (Å²) in [4.78, 5) is 0. The molecule has 0 aromatic heterocycles. The van der Waals surface area contributed by atoms with Crippen LogP contribution in [-0.4, -0.2) is 13.2 Å². The number of hydrogen-bond acceptors (Lipinski definition) is 2. The Morgan fingerprint density at radius 3 is 2.60 bits per heavy atom. The van der Waals surface area contributed by atoms with Gasteiger partial charge in [-0.15, -0.1) is 0 Å². The van der Waals surface area contributed by atoms with Gasteiger partial charge in [-0.05, 0) is 5.92 Å². The second-order valence-electron chi connectivity index (χ2n) is 3.18. The van der Waals surface area contributed by atoms with Gasteiger partial charge in [-0.2, -0.15) is 5.26 Å². The minimum atomic E-state index is 0.139. The highest BCUT2D eigenvalue weighted by Gasteiger charge is 2.30. The van der Waals surface area contributed by atoms with Crippen LogP contribution in [0.2, 0.25) is 0 Å². The Bertz CT molecular complexity index is 148. The van der Waals surface area contributed by atoms with Gasteiger partial charge in [0, 0.05) is 5.92 Å². The van der Waals surface area contributed by atoms with Crippen LogP contribution in [0.4, 0.5) is 0 Å². The van der Waals surface area contributed by atoms with Crippen molar-refractivity contribution in [3.63, 3.8) is 0 Å². The van der Waals surface area contributed by atoms with Crippen LogP contribution in [0.5, 0.6) is 0 Å². The SMILES string of the molecule is CC(C)C1COCC1C#N. The summed E-state index contributed by atoms with van der Waals surface area (Å²) in [6.45, 7) is 5.70. The van der Waals surface area contributed by atoms with Crippen LogP contribution in [-0.2, 0) is 4.74 Å². The molecular formula is C8H13NO. The molecule has 0 radical (unpaired) electrons. The van der Waals surface area contributed by atoms with E-state index in [1.807, 2.05) is 0 Å². The van der Waals surface area contributed by atoms with Crippen LogP contribution in [0.15, 0.2) is 0 Å². The Morgan fingerprint density at radius 1 is 1.50 bits per heavy atom. The highest BCUT2D eigenvalue weighted by atomic mass is 16.5. The highest BCUT2D eigenvalue weighted by Crippen LogP contribution is 2.26. The molecule has 2 heteroatoms. The fraction of sp³-hybridized carbons (Fsp3) is 0.875. The molecule has 0 aliphatic carbocycles. The first-order chi connectivity index (χ1) is 4.75. The largest absolute Gasteiger partial charge is 0.380 e. The monoisotopic (exact) mass is 139 g/mol. The standard InChI is InChI=1S/C8H13NO/c1-6(2)8-5-10-4-7(8)3-9/h6-8H,4-5H2,1-2H3. The number of nitrogens with zero attached hydrogens (tertiary/aromatic N) is 1. The number of hydrogen-bond donors (Lipinski definition) is 0. The fourth-order valence-corrected chi connectivity index (χ4v) is 1.36. The summed E-state index contributed by atoms with van der Waals surface area (Å²) in [5.74, 6) is 1.18. The van der Waals surface area contributed by atoms with Crippen LogP contribution in [0.3, 0.4) is 0 Å². The number of nitriles is 1. The summed E-state index contributed by atoms with van der Waals surface area (Å²) in [5, 5.41) is 8.66. The van der Waals surface area contributed by atoms with Crippen LogP contribution >= 0.6 is 0 Å². The molecule has 0 saturated carbocycles. The molecule has 1 saturated heterocycles. The molecule has 0 bridgehead atoms. The molecule has 56 valence electrons. The zero-order valence-corrected chi connectivity index (χ0v) is 6.50. The smallest absolute Gasteiger partial charge is 0.0749 e. The van der Waals surface area contributed by atoms with Gasteiger partial charge in [0.15, 0.2) is 0 Å². The van der Waals surface area contributed by atoms with E-state index in [0.717, 1.165) is 6.61 Å². The molecule has 2 atom stereocenters. The van der Waals surface area contributed by atoms with Crippen molar-refractivity contribution in [2.24, 2.45) is 17.8 Å². The first-order valence-electron chi connectivity index (χ1n) is 3.73. The Labute approximate surface area is 61.8 Å². The van der Waals surface area contributed by atoms with Gasteiger partial charge in [-0.3, -0.25) is 0 Å². The van der Waals surface area contributed by atoms with Crippen molar-refractivity contribution >= 4 is 0 Å². The van der Waals surface area contributed by atoms with Crippen molar-refractivity contribution in [2.75, 3.05) is 13.2 Å². The van der Waals surface area contributed by atoms with E-state index in [9.17, 15) is 0 Å². The van der Waals surface area contributed by atoms with Crippen molar-refractivity contribution in [1.82, 2.24) is 0 Å². The molecule has 10 heavy (non-hydrogen) atoms. The summed E-state index contributed by atoms with van der Waals surface area (Å²) >= 11 is 0. The number of rotatable bonds is 1. The van der Waals surface area contributed by atoms with E-state index in [0.29, 0.717) is 18.4 Å². The summed E-state index contributed by atoms with van der Waals surface area (Å²) in [5.41, 5.74) is 0. The van der Waals surface area contributed by atoms with E-state index < -0.39 is 0 Å². The summed E-state index contributed by atoms with van der Waals surface area (Å²) in [6.07, 6.45) is 0. The van der Waals surface area contributed by atoms with Crippen molar-refractivity contribution in [3.05, 3.63) is 0 Å². The predicted molar refractivity (Wildman–Crippen MR) is 38.2 cm³/mol. The lowest BCUT2D eigenvalue weighted by Gasteiger charge is -2.14. The molecule has 0 aromatic rings. The second kappa shape index (κ2) is 3.03. The molecule has 1 heterocycles. The van der Waals surface area contributed by atoms with Gasteiger partial charge in [0.25, 0.3) is 0 Å². The van der Waals surface area contributed by atoms with Gasteiger partial charge in [-0.25, -0.2) is 0 Å². The topological polar surface area (TPSA) is 33.0 Å². The fourth-order valence-electron chi connectivity index (χ4n) is 1.36. The third kappa shape index (κ3) is 1.30. The lowest BCUT2D eigenvalue weighted by atomic mass is 9.87. The van der Waals surface area contributed by atoms with Gasteiger partial charge in [0.1, 0.15) is 0 Å². The summed E-state index contributed by atoms with van der Waals surface area (Å²) < 4.78 is 5.20. The molecule has 0 aromatic carbocycles. The van der Waals surface area contributed by atoms with Crippen LogP contribution in [0.1, 0.15) is 13.8 Å². The Hall–Kier alpha value is -0.550. The van der Waals surface area contributed by atoms with Crippen LogP contribution < -0.4 is 0 Å². The van der Waals surface area contributed by atoms with Crippen molar-refractivity contribution in [3.8, 4) is 6.07 Å². The predicted octanol–water partition coefficient (Wildman–Crippen LogP) is 1.43. The van der Waals surface area contributed by atoms with Crippen molar-refractivity contribution < 1.29 is 4.74 Å². The molecule has 0 N–H and O–H groups in total. The first kappa shape index (κ1) is 7.56. The lowest BCUT2D eigenvalue weighted by molar-refractivity contribution is 0.176. The third-order valence-electron chi connectivity index (χ3n) is 2.15. The zero-order chi connectivity index (χ0) is 7.56. The molecule has 2 nitrogen and oxygen atoms in total. The molecule has 0 amide bonds. The zero-order valence-electron chi connectivity index (χ0n) is 6.50. The average molecular weight is 139 g/mol. The minimum absolute atomic E-state index is 0.139. The van der Waals surface area contributed by atoms with E-state index in [1.165, 1.54) is 0 Å². The lowest BCUT2D eigenvalue weighted by Crippen LogP contribution is -2.16. The minimum Gasteiger partial charge on any atom is -0.380 e. The molecule has 1 aliphatic rings. The van der Waals surface area contributed by atoms with Crippen LogP contribution in [0.25, 0.3) is 0 Å². The maximum atomic E-state index is 8.66. The molecule has 2 unspecified atom stereocenters. The van der Waals surface area contributed by atoms with Gasteiger partial charge in [0.2, 0.25) is 0 Å². The average Bonchev–Trinajstić information content (AvgIpc) is 2.33. The first-order valence-corrected chi connectivity index (χ1v) is 3.73. The molecule has 1 fully saturated rings. The van der Waals surface area contributed by atoms with Gasteiger partial charge in [0.05, 0.1) is 25.2 Å². The van der Waals surface area contributed by atoms with Crippen molar-refractivity contribution in [2.45, 2.75) is 13.8 Å². The van der Waals surface area contributed by atoms with Gasteiger partial charge in [-0.1, -0.05) is 13.8 Å². The van der Waals surface area contributed by atoms with E-state index in [1.54, 1.807) is 0 Å². The number of ether oxygens (including phenoxy) is 1.